The molecule has 3 N–H and O–H groups in total. The van der Waals surface area contributed by atoms with Crippen molar-refractivity contribution < 1.29 is 9.92 Å². The summed E-state index contributed by atoms with van der Waals surface area (Å²) in [7, 11) is 0. The van der Waals surface area contributed by atoms with Crippen molar-refractivity contribution in [2.75, 3.05) is 0 Å². The number of benzene rings is 2. The number of halogens is 1. The number of amidine groups is 1. The molecule has 5 nitrogen and oxygen atoms in total. The number of non-ortho nitro benzene ring substituents is 1. The van der Waals surface area contributed by atoms with E-state index in [2.05, 4.69) is 4.99 Å². The van der Waals surface area contributed by atoms with Crippen molar-refractivity contribution in [3.63, 3.8) is 0 Å². The molecule has 0 aliphatic rings. The Bertz CT molecular complexity index is 681. The number of nitro groups is 1. The van der Waals surface area contributed by atoms with Crippen LogP contribution in [-0.2, 0) is 0 Å². The molecule has 20 heavy (non-hydrogen) atoms. The molecule has 0 heterocycles. The molecule has 0 saturated carbocycles. The zero-order valence-corrected chi connectivity index (χ0v) is 12.9. The molecule has 0 bridgehead atoms. The third kappa shape index (κ3) is 3.53. The Morgan fingerprint density at radius 3 is 2.50 bits per heavy atom. The summed E-state index contributed by atoms with van der Waals surface area (Å²) in [4.78, 5) is 13.5. The number of nitrogen functional groups attached to an aromatic ring is 1. The van der Waals surface area contributed by atoms with Gasteiger partial charge in [-0.3, -0.25) is 15.8 Å². The smallest absolute Gasteiger partial charge is 0.278 e. The van der Waals surface area contributed by atoms with Crippen LogP contribution in [0.5, 0.6) is 0 Å². The minimum absolute atomic E-state index is 0.0283. The van der Waals surface area contributed by atoms with Crippen molar-refractivity contribution in [2.24, 2.45) is 5.73 Å². The van der Waals surface area contributed by atoms with E-state index < -0.39 is 4.92 Å². The van der Waals surface area contributed by atoms with Gasteiger partial charge >= 0.3 is 0 Å². The molecular weight excluding hydrogens is 369 g/mol. The van der Waals surface area contributed by atoms with E-state index in [1.807, 2.05) is 53.8 Å². The highest BCUT2D eigenvalue weighted by Crippen LogP contribution is 2.18. The number of nitrogens with one attached hydrogen (secondary N) is 1. The minimum Gasteiger partial charge on any atom is -0.287 e. The molecule has 0 fully saturated rings. The lowest BCUT2D eigenvalue weighted by molar-refractivity contribution is -0.385. The summed E-state index contributed by atoms with van der Waals surface area (Å²) < 4.78 is 0.764. The van der Waals surface area contributed by atoms with Crippen LogP contribution in [0.2, 0.25) is 0 Å². The molecule has 0 aromatic heterocycles. The molecule has 0 aliphatic carbocycles. The maximum Gasteiger partial charge on any atom is 0.278 e. The number of rotatable bonds is 3. The molecule has 0 aliphatic heterocycles. The molecule has 0 saturated heterocycles. The lowest BCUT2D eigenvalue weighted by Crippen LogP contribution is -2.69. The molecule has 2 aromatic carbocycles. The Hall–Kier alpha value is -1.96. The maximum atomic E-state index is 10.9. The van der Waals surface area contributed by atoms with E-state index in [1.54, 1.807) is 6.07 Å². The van der Waals surface area contributed by atoms with Gasteiger partial charge in [0.1, 0.15) is 5.69 Å². The zero-order chi connectivity index (χ0) is 14.7. The van der Waals surface area contributed by atoms with Crippen molar-refractivity contribution in [1.82, 2.24) is 0 Å². The summed E-state index contributed by atoms with van der Waals surface area (Å²) in [6, 6.07) is 12.5. The van der Waals surface area contributed by atoms with Crippen molar-refractivity contribution in [2.45, 2.75) is 6.92 Å². The van der Waals surface area contributed by atoms with Crippen molar-refractivity contribution in [3.8, 4) is 0 Å². The van der Waals surface area contributed by atoms with Crippen LogP contribution in [0.4, 0.5) is 11.4 Å². The quantitative estimate of drug-likeness (QED) is 0.278. The zero-order valence-electron chi connectivity index (χ0n) is 10.8. The normalized spacial score (nSPS) is 11.4. The van der Waals surface area contributed by atoms with E-state index in [1.165, 1.54) is 12.1 Å². The van der Waals surface area contributed by atoms with E-state index in [4.69, 9.17) is 5.73 Å². The van der Waals surface area contributed by atoms with Gasteiger partial charge in [-0.05, 0) is 47.7 Å². The second-order valence-electron chi connectivity index (χ2n) is 4.36. The molecule has 0 spiro atoms. The van der Waals surface area contributed by atoms with Crippen LogP contribution in [-0.4, -0.2) is 10.8 Å². The van der Waals surface area contributed by atoms with Crippen LogP contribution in [0.15, 0.2) is 42.5 Å². The van der Waals surface area contributed by atoms with Crippen LogP contribution < -0.4 is 10.7 Å². The summed E-state index contributed by atoms with van der Waals surface area (Å²) in [5, 5.41) is 10.9. The fourth-order valence-electron chi connectivity index (χ4n) is 1.70. The van der Waals surface area contributed by atoms with Gasteiger partial charge in [-0.1, -0.05) is 17.7 Å². The third-order valence-electron chi connectivity index (χ3n) is 2.73. The van der Waals surface area contributed by atoms with Crippen molar-refractivity contribution in [3.05, 3.63) is 67.3 Å². The maximum absolute atomic E-state index is 10.9. The third-order valence-corrected chi connectivity index (χ3v) is 3.36. The second kappa shape index (κ2) is 6.00. The second-order valence-corrected chi connectivity index (χ2v) is 5.61. The van der Waals surface area contributed by atoms with E-state index in [0.717, 1.165) is 14.8 Å². The lowest BCUT2D eigenvalue weighted by atomic mass is 10.2. The fourth-order valence-corrected chi connectivity index (χ4v) is 2.35. The summed E-state index contributed by atoms with van der Waals surface area (Å²) in [5.74, 6) is 0.385. The van der Waals surface area contributed by atoms with E-state index in [-0.39, 0.29) is 5.69 Å². The predicted octanol–water partition coefficient (Wildman–Crippen LogP) is 1.63. The number of aryl methyl sites for hydroxylation is 1. The van der Waals surface area contributed by atoms with Gasteiger partial charge in [0.05, 0.1) is 10.5 Å². The average molecular weight is 382 g/mol. The largest absolute Gasteiger partial charge is 0.287 e. The Kier molecular flexibility index (Phi) is 4.33. The molecule has 2 rings (SSSR count). The SMILES string of the molecule is Cc1ccc([NH+]=C(N)c2cc(I)cc([N+](=O)[O-])c2)cc1. The first kappa shape index (κ1) is 14.4. The molecule has 6 heteroatoms. The summed E-state index contributed by atoms with van der Waals surface area (Å²) in [6.07, 6.45) is 0. The Morgan fingerprint density at radius 1 is 1.25 bits per heavy atom. The first-order chi connectivity index (χ1) is 9.45. The van der Waals surface area contributed by atoms with E-state index >= 15 is 0 Å². The van der Waals surface area contributed by atoms with Gasteiger partial charge in [0.2, 0.25) is 0 Å². The summed E-state index contributed by atoms with van der Waals surface area (Å²) in [5.41, 5.74) is 8.61. The minimum atomic E-state index is -0.426. The fraction of sp³-hybridized carbons (Fsp3) is 0.0714. The molecule has 2 aromatic rings. The number of nitro benzene ring substituents is 1. The highest BCUT2D eigenvalue weighted by molar-refractivity contribution is 14.1. The molecule has 0 amide bonds. The standard InChI is InChI=1S/C14H12IN3O2/c1-9-2-4-12(5-3-9)17-14(16)10-6-11(15)8-13(7-10)18(19)20/h2-8H,1H3,(H2,16,17)/p+1. The van der Waals surface area contributed by atoms with Crippen LogP contribution in [0.25, 0.3) is 0 Å². The van der Waals surface area contributed by atoms with Crippen LogP contribution >= 0.6 is 22.6 Å². The molecule has 0 unspecified atom stereocenters. The molecular formula is C14H13IN3O2+. The summed E-state index contributed by atoms with van der Waals surface area (Å²) in [6.45, 7) is 2.00. The number of hydrogen-bond donors (Lipinski definition) is 2. The Balaban J connectivity index is 2.39. The van der Waals surface area contributed by atoms with Gasteiger partial charge < -0.3 is 0 Å². The first-order valence-electron chi connectivity index (χ1n) is 5.87. The van der Waals surface area contributed by atoms with Crippen LogP contribution in [0.1, 0.15) is 11.1 Å². The number of hydrogen-bond acceptors (Lipinski definition) is 2. The predicted molar refractivity (Wildman–Crippen MR) is 85.9 cm³/mol. The van der Waals surface area contributed by atoms with Crippen LogP contribution in [0, 0.1) is 20.6 Å². The molecule has 0 atom stereocenters. The Morgan fingerprint density at radius 2 is 1.90 bits per heavy atom. The first-order valence-corrected chi connectivity index (χ1v) is 6.95. The number of nitrogens with zero attached hydrogens (tertiary/aromatic N) is 1. The summed E-state index contributed by atoms with van der Waals surface area (Å²) >= 11 is 2.03. The Labute approximate surface area is 129 Å². The lowest BCUT2D eigenvalue weighted by Gasteiger charge is -1.99. The number of nitrogens with two attached hydrogens (primary N) is 1. The van der Waals surface area contributed by atoms with E-state index in [9.17, 15) is 10.1 Å². The van der Waals surface area contributed by atoms with Gasteiger partial charge in [0, 0.05) is 15.7 Å². The van der Waals surface area contributed by atoms with Gasteiger partial charge in [-0.15, -0.1) is 0 Å². The molecule has 102 valence electrons. The highest BCUT2D eigenvalue weighted by Gasteiger charge is 2.13. The van der Waals surface area contributed by atoms with Crippen molar-refractivity contribution >= 4 is 39.8 Å². The average Bonchev–Trinajstić information content (AvgIpc) is 2.40. The van der Waals surface area contributed by atoms with Crippen LogP contribution in [0.3, 0.4) is 0 Å². The monoisotopic (exact) mass is 382 g/mol. The topological polar surface area (TPSA) is 83.1 Å². The van der Waals surface area contributed by atoms with Gasteiger partial charge in [-0.25, -0.2) is 4.99 Å². The molecule has 0 radical (unpaired) electrons. The van der Waals surface area contributed by atoms with Gasteiger partial charge in [-0.2, -0.15) is 0 Å². The van der Waals surface area contributed by atoms with Gasteiger partial charge in [0.15, 0.2) is 0 Å². The van der Waals surface area contributed by atoms with Gasteiger partial charge in [0.25, 0.3) is 11.5 Å². The highest BCUT2D eigenvalue weighted by atomic mass is 127. The van der Waals surface area contributed by atoms with E-state index in [0.29, 0.717) is 11.4 Å². The van der Waals surface area contributed by atoms with Crippen molar-refractivity contribution in [1.29, 1.82) is 0 Å².